The minimum absolute atomic E-state index is 0.425. The summed E-state index contributed by atoms with van der Waals surface area (Å²) in [7, 11) is 0. The molecule has 0 spiro atoms. The summed E-state index contributed by atoms with van der Waals surface area (Å²) < 4.78 is 0. The van der Waals surface area contributed by atoms with Crippen LogP contribution in [0.15, 0.2) is 4.99 Å². The van der Waals surface area contributed by atoms with E-state index in [4.69, 9.17) is 5.73 Å². The molecule has 0 saturated carbocycles. The zero-order chi connectivity index (χ0) is 16.4. The van der Waals surface area contributed by atoms with E-state index in [9.17, 15) is 0 Å². The second-order valence-electron chi connectivity index (χ2n) is 7.38. The maximum atomic E-state index is 6.03. The topological polar surface area (TPSA) is 53.6 Å². The molecule has 0 bridgehead atoms. The summed E-state index contributed by atoms with van der Waals surface area (Å²) in [5, 5.41) is 3.34. The third-order valence-corrected chi connectivity index (χ3v) is 4.58. The van der Waals surface area contributed by atoms with Crippen molar-refractivity contribution in [3.8, 4) is 0 Å². The van der Waals surface area contributed by atoms with E-state index in [1.807, 2.05) is 0 Å². The van der Waals surface area contributed by atoms with Crippen molar-refractivity contribution >= 4 is 5.96 Å². The van der Waals surface area contributed by atoms with Crippen molar-refractivity contribution < 1.29 is 0 Å². The van der Waals surface area contributed by atoms with Crippen LogP contribution in [0.5, 0.6) is 0 Å². The molecule has 0 aliphatic carbocycles. The van der Waals surface area contributed by atoms with E-state index in [0.29, 0.717) is 17.9 Å². The predicted octanol–water partition coefficient (Wildman–Crippen LogP) is 3.23. The lowest BCUT2D eigenvalue weighted by atomic mass is 9.97. The Kier molecular flexibility index (Phi) is 9.53. The molecule has 1 heterocycles. The zero-order valence-electron chi connectivity index (χ0n) is 15.3. The summed E-state index contributed by atoms with van der Waals surface area (Å²) in [5.74, 6) is 2.13. The van der Waals surface area contributed by atoms with Gasteiger partial charge in [0.05, 0.1) is 0 Å². The van der Waals surface area contributed by atoms with Crippen molar-refractivity contribution in [3.63, 3.8) is 0 Å². The molecule has 0 aromatic heterocycles. The van der Waals surface area contributed by atoms with Crippen molar-refractivity contribution in [2.24, 2.45) is 22.6 Å². The average Bonchev–Trinajstić information content (AvgIpc) is 2.46. The van der Waals surface area contributed by atoms with Gasteiger partial charge in [-0.15, -0.1) is 0 Å². The normalized spacial score (nSPS) is 19.6. The van der Waals surface area contributed by atoms with Crippen LogP contribution >= 0.6 is 0 Å². The summed E-state index contributed by atoms with van der Waals surface area (Å²) >= 11 is 0. The van der Waals surface area contributed by atoms with Gasteiger partial charge < -0.3 is 16.0 Å². The Morgan fingerprint density at radius 2 is 1.91 bits per heavy atom. The maximum Gasteiger partial charge on any atom is 0.188 e. The van der Waals surface area contributed by atoms with Gasteiger partial charge in [-0.3, -0.25) is 4.99 Å². The van der Waals surface area contributed by atoms with Crippen LogP contribution in [-0.2, 0) is 0 Å². The molecule has 1 aliphatic rings. The van der Waals surface area contributed by atoms with Crippen LogP contribution in [0.3, 0.4) is 0 Å². The third-order valence-electron chi connectivity index (χ3n) is 4.58. The minimum atomic E-state index is 0.425. The van der Waals surface area contributed by atoms with Gasteiger partial charge in [-0.25, -0.2) is 0 Å². The van der Waals surface area contributed by atoms with Gasteiger partial charge in [0.1, 0.15) is 0 Å². The predicted molar refractivity (Wildman–Crippen MR) is 97.2 cm³/mol. The second kappa shape index (κ2) is 10.9. The van der Waals surface area contributed by atoms with Gasteiger partial charge in [-0.05, 0) is 64.1 Å². The fourth-order valence-electron chi connectivity index (χ4n) is 3.14. The first-order valence-electron chi connectivity index (χ1n) is 9.30. The quantitative estimate of drug-likeness (QED) is 0.508. The molecule has 1 unspecified atom stereocenters. The molecular formula is C18H38N4. The highest BCUT2D eigenvalue weighted by Crippen LogP contribution is 2.17. The van der Waals surface area contributed by atoms with Crippen molar-refractivity contribution in [3.05, 3.63) is 0 Å². The molecule has 0 radical (unpaired) electrons. The first kappa shape index (κ1) is 19.3. The third kappa shape index (κ3) is 8.62. The summed E-state index contributed by atoms with van der Waals surface area (Å²) in [6, 6.07) is 0.425. The van der Waals surface area contributed by atoms with Crippen molar-refractivity contribution in [1.29, 1.82) is 0 Å². The number of aliphatic imine (C=N–C) groups is 1. The number of hydrogen-bond donors (Lipinski definition) is 2. The number of hydrogen-bond acceptors (Lipinski definition) is 2. The van der Waals surface area contributed by atoms with Crippen LogP contribution in [0.1, 0.15) is 66.2 Å². The Morgan fingerprint density at radius 3 is 2.50 bits per heavy atom. The largest absolute Gasteiger partial charge is 0.370 e. The van der Waals surface area contributed by atoms with Gasteiger partial charge in [-0.1, -0.05) is 33.6 Å². The van der Waals surface area contributed by atoms with Crippen LogP contribution in [0.4, 0.5) is 0 Å². The molecule has 1 atom stereocenters. The molecule has 3 N–H and O–H groups in total. The number of likely N-dealkylation sites (tertiary alicyclic amines) is 1. The highest BCUT2D eigenvalue weighted by Gasteiger charge is 2.18. The van der Waals surface area contributed by atoms with Crippen molar-refractivity contribution in [1.82, 2.24) is 10.2 Å². The van der Waals surface area contributed by atoms with Crippen LogP contribution in [-0.4, -0.2) is 43.1 Å². The standard InChI is InChI=1S/C18H38N4/c1-5-11-22-12-9-17(10-13-22)14-20-18(19)21-16(4)8-6-7-15(2)3/h15-17H,5-14H2,1-4H3,(H3,19,20,21). The fraction of sp³-hybridized carbons (Fsp3) is 0.944. The lowest BCUT2D eigenvalue weighted by Gasteiger charge is -2.31. The highest BCUT2D eigenvalue weighted by molar-refractivity contribution is 5.78. The Balaban J connectivity index is 2.17. The monoisotopic (exact) mass is 310 g/mol. The lowest BCUT2D eigenvalue weighted by Crippen LogP contribution is -2.39. The van der Waals surface area contributed by atoms with Crippen LogP contribution < -0.4 is 11.1 Å². The Hall–Kier alpha value is -0.770. The van der Waals surface area contributed by atoms with Gasteiger partial charge in [0.15, 0.2) is 5.96 Å². The smallest absolute Gasteiger partial charge is 0.188 e. The number of nitrogens with one attached hydrogen (secondary N) is 1. The molecule has 130 valence electrons. The Morgan fingerprint density at radius 1 is 1.23 bits per heavy atom. The maximum absolute atomic E-state index is 6.03. The molecule has 4 nitrogen and oxygen atoms in total. The van der Waals surface area contributed by atoms with Crippen LogP contribution in [0.25, 0.3) is 0 Å². The average molecular weight is 311 g/mol. The number of guanidine groups is 1. The van der Waals surface area contributed by atoms with Gasteiger partial charge >= 0.3 is 0 Å². The molecule has 0 aromatic rings. The number of nitrogens with zero attached hydrogens (tertiary/aromatic N) is 2. The summed E-state index contributed by atoms with van der Waals surface area (Å²) in [6.07, 6.45) is 7.51. The summed E-state index contributed by atoms with van der Waals surface area (Å²) in [4.78, 5) is 7.13. The van der Waals surface area contributed by atoms with Gasteiger partial charge in [0.25, 0.3) is 0 Å². The van der Waals surface area contributed by atoms with Crippen molar-refractivity contribution in [2.45, 2.75) is 72.3 Å². The van der Waals surface area contributed by atoms with Gasteiger partial charge in [0, 0.05) is 12.6 Å². The first-order valence-corrected chi connectivity index (χ1v) is 9.30. The summed E-state index contributed by atoms with van der Waals surface area (Å²) in [5.41, 5.74) is 6.03. The number of piperidine rings is 1. The second-order valence-corrected chi connectivity index (χ2v) is 7.38. The van der Waals surface area contributed by atoms with E-state index in [1.54, 1.807) is 0 Å². The minimum Gasteiger partial charge on any atom is -0.370 e. The van der Waals surface area contributed by atoms with Crippen LogP contribution in [0, 0.1) is 11.8 Å². The van der Waals surface area contributed by atoms with E-state index in [0.717, 1.165) is 12.5 Å². The SMILES string of the molecule is CCCN1CCC(CN=C(N)NC(C)CCCC(C)C)CC1. The van der Waals surface area contributed by atoms with E-state index in [-0.39, 0.29) is 0 Å². The molecule has 1 rings (SSSR count). The van der Waals surface area contributed by atoms with E-state index in [1.165, 1.54) is 58.2 Å². The molecule has 0 amide bonds. The summed E-state index contributed by atoms with van der Waals surface area (Å²) in [6.45, 7) is 13.6. The van der Waals surface area contributed by atoms with Gasteiger partial charge in [0.2, 0.25) is 0 Å². The van der Waals surface area contributed by atoms with Crippen LogP contribution in [0.2, 0.25) is 0 Å². The number of nitrogens with two attached hydrogens (primary N) is 1. The zero-order valence-corrected chi connectivity index (χ0v) is 15.3. The van der Waals surface area contributed by atoms with E-state index >= 15 is 0 Å². The molecular weight excluding hydrogens is 272 g/mol. The first-order chi connectivity index (χ1) is 10.5. The fourth-order valence-corrected chi connectivity index (χ4v) is 3.14. The molecule has 1 aliphatic heterocycles. The Labute approximate surface area is 137 Å². The molecule has 4 heteroatoms. The Bertz CT molecular complexity index is 306. The molecule has 0 aromatic carbocycles. The molecule has 22 heavy (non-hydrogen) atoms. The van der Waals surface area contributed by atoms with Crippen molar-refractivity contribution in [2.75, 3.05) is 26.2 Å². The van der Waals surface area contributed by atoms with Gasteiger partial charge in [-0.2, -0.15) is 0 Å². The lowest BCUT2D eigenvalue weighted by molar-refractivity contribution is 0.188. The molecule has 1 saturated heterocycles. The highest BCUT2D eigenvalue weighted by atomic mass is 15.1. The van der Waals surface area contributed by atoms with E-state index in [2.05, 4.69) is 42.9 Å². The number of rotatable bonds is 9. The van der Waals surface area contributed by atoms with E-state index < -0.39 is 0 Å². The molecule has 1 fully saturated rings.